The van der Waals surface area contributed by atoms with Crippen LogP contribution in [0.1, 0.15) is 131 Å². The highest BCUT2D eigenvalue weighted by molar-refractivity contribution is 7.10. The lowest BCUT2D eigenvalue weighted by molar-refractivity contribution is -0.154. The number of rotatable bonds is 11. The molecular weight excluding hydrogens is 496 g/mol. The number of ether oxygens (including phenoxy) is 1. The van der Waals surface area contributed by atoms with Crippen molar-refractivity contribution < 1.29 is 14.3 Å². The zero-order chi connectivity index (χ0) is 29.0. The maximum Gasteiger partial charge on any atom is 0.306 e. The minimum absolute atomic E-state index is 0.0956. The maximum atomic E-state index is 12.9. The number of H-pyrrole nitrogens is 1. The fourth-order valence-corrected chi connectivity index (χ4v) is 6.17. The number of aromatic nitrogens is 1. The molecule has 38 heavy (non-hydrogen) atoms. The average Bonchev–Trinajstić information content (AvgIpc) is 3.19. The largest absolute Gasteiger partial charge is 0.460 e. The molecule has 2 aromatic rings. The number of amides is 1. The van der Waals surface area contributed by atoms with Crippen molar-refractivity contribution in [1.82, 2.24) is 10.3 Å². The van der Waals surface area contributed by atoms with E-state index in [0.717, 1.165) is 28.8 Å². The van der Waals surface area contributed by atoms with Gasteiger partial charge in [-0.15, -0.1) is 11.3 Å². The third-order valence-electron chi connectivity index (χ3n) is 6.61. The fourth-order valence-electron chi connectivity index (χ4n) is 4.82. The molecule has 1 atom stereocenters. The van der Waals surface area contributed by atoms with Crippen molar-refractivity contribution in [1.29, 1.82) is 0 Å². The Kier molecular flexibility index (Phi) is 14.0. The first kappa shape index (κ1) is 33.6. The van der Waals surface area contributed by atoms with Gasteiger partial charge in [0.1, 0.15) is 5.60 Å². The second-order valence-corrected chi connectivity index (χ2v) is 12.0. The van der Waals surface area contributed by atoms with E-state index in [1.807, 2.05) is 46.1 Å². The lowest BCUT2D eigenvalue weighted by Crippen LogP contribution is -2.28. The molecule has 0 aliphatic carbocycles. The van der Waals surface area contributed by atoms with Gasteiger partial charge in [0.25, 0.3) is 11.5 Å². The van der Waals surface area contributed by atoms with Gasteiger partial charge in [0.15, 0.2) is 0 Å². The Morgan fingerprint density at radius 3 is 2.11 bits per heavy atom. The molecule has 0 spiro atoms. The molecule has 0 aliphatic heterocycles. The number of nitrogens with one attached hydrogen (secondary N) is 2. The van der Waals surface area contributed by atoms with Gasteiger partial charge in [-0.2, -0.15) is 0 Å². The van der Waals surface area contributed by atoms with Gasteiger partial charge in [-0.1, -0.05) is 53.4 Å². The highest BCUT2D eigenvalue weighted by Crippen LogP contribution is 2.40. The van der Waals surface area contributed by atoms with Crippen molar-refractivity contribution in [3.05, 3.63) is 54.6 Å². The van der Waals surface area contributed by atoms with E-state index in [9.17, 15) is 14.4 Å². The van der Waals surface area contributed by atoms with Gasteiger partial charge in [-0.05, 0) is 77.0 Å². The number of carbonyl (C=O) groups excluding carboxylic acids is 2. The molecule has 7 heteroatoms. The van der Waals surface area contributed by atoms with Crippen molar-refractivity contribution in [3.63, 3.8) is 0 Å². The number of carbonyl (C=O) groups is 2. The van der Waals surface area contributed by atoms with E-state index < -0.39 is 0 Å². The molecule has 0 saturated heterocycles. The molecule has 0 bridgehead atoms. The Labute approximate surface area is 234 Å². The van der Waals surface area contributed by atoms with Crippen molar-refractivity contribution in [2.75, 3.05) is 0 Å². The first-order valence-corrected chi connectivity index (χ1v) is 14.9. The van der Waals surface area contributed by atoms with E-state index in [4.69, 9.17) is 4.74 Å². The van der Waals surface area contributed by atoms with E-state index in [1.54, 1.807) is 18.3 Å². The molecule has 0 saturated carbocycles. The van der Waals surface area contributed by atoms with Gasteiger partial charge >= 0.3 is 5.97 Å². The molecule has 0 aliphatic rings. The number of esters is 1. The van der Waals surface area contributed by atoms with Crippen LogP contribution in [0.15, 0.2) is 16.2 Å². The summed E-state index contributed by atoms with van der Waals surface area (Å²) < 4.78 is 4.95. The number of thiophene rings is 1. The van der Waals surface area contributed by atoms with Crippen LogP contribution in [0.3, 0.4) is 0 Å². The monoisotopic (exact) mass is 546 g/mol. The third-order valence-corrected chi connectivity index (χ3v) is 7.83. The molecular formula is C31H50N2O4S. The molecule has 0 aromatic carbocycles. The number of hydrogen-bond acceptors (Lipinski definition) is 5. The van der Waals surface area contributed by atoms with Crippen molar-refractivity contribution in [2.24, 2.45) is 5.92 Å². The second kappa shape index (κ2) is 15.9. The smallest absolute Gasteiger partial charge is 0.306 e. The van der Waals surface area contributed by atoms with Crippen LogP contribution in [-0.4, -0.2) is 22.5 Å². The summed E-state index contributed by atoms with van der Waals surface area (Å²) in [5, 5.41) is 4.94. The molecule has 1 unspecified atom stereocenters. The Morgan fingerprint density at radius 2 is 1.66 bits per heavy atom. The van der Waals surface area contributed by atoms with Crippen LogP contribution in [0.5, 0.6) is 0 Å². The summed E-state index contributed by atoms with van der Waals surface area (Å²) in [5.74, 6) is 0.963. The van der Waals surface area contributed by atoms with E-state index in [2.05, 4.69) is 38.0 Å². The molecule has 2 N–H and O–H groups in total. The summed E-state index contributed by atoms with van der Waals surface area (Å²) in [4.78, 5) is 39.8. The minimum Gasteiger partial charge on any atom is -0.460 e. The summed E-state index contributed by atoms with van der Waals surface area (Å²) in [7, 11) is 0. The van der Waals surface area contributed by atoms with Crippen molar-refractivity contribution in [2.45, 2.75) is 126 Å². The van der Waals surface area contributed by atoms with Gasteiger partial charge in [0.05, 0.1) is 5.56 Å². The second-order valence-electron chi connectivity index (χ2n) is 11.1. The van der Waals surface area contributed by atoms with Gasteiger partial charge < -0.3 is 15.0 Å². The number of hydrogen-bond donors (Lipinski definition) is 2. The highest BCUT2D eigenvalue weighted by atomic mass is 32.1. The number of aryl methyl sites for hydroxylation is 2. The quantitative estimate of drug-likeness (QED) is 0.282. The van der Waals surface area contributed by atoms with Crippen LogP contribution >= 0.6 is 11.3 Å². The van der Waals surface area contributed by atoms with Crippen LogP contribution in [0, 0.1) is 26.7 Å². The lowest BCUT2D eigenvalue weighted by Gasteiger charge is -2.26. The topological polar surface area (TPSA) is 88.3 Å². The van der Waals surface area contributed by atoms with Crippen LogP contribution in [0.4, 0.5) is 0 Å². The first-order valence-electron chi connectivity index (χ1n) is 14.1. The SMILES string of the molecule is CCC(=O)OC(C)(C)C.CCCC(CCC)C(CC)c1scc(C(=O)NCc2c(C)cc(C)[nH]c2=O)c1C. The van der Waals surface area contributed by atoms with Gasteiger partial charge in [-0.25, -0.2) is 0 Å². The Balaban J connectivity index is 0.000000686. The van der Waals surface area contributed by atoms with Gasteiger partial charge in [-0.3, -0.25) is 14.4 Å². The lowest BCUT2D eigenvalue weighted by atomic mass is 9.81. The Bertz CT molecular complexity index is 1090. The minimum atomic E-state index is -0.326. The molecule has 214 valence electrons. The first-order chi connectivity index (χ1) is 17.8. The standard InChI is InChI=1S/C24H36N2O2S.C7H14O2/c1-7-10-18(11-8-2)19(9-3)22-17(6)21(14-29-22)23(27)25-13-20-15(4)12-16(5)26-24(20)28;1-5-6(8)9-7(2,3)4/h12,14,18-19H,7-11,13H2,1-6H3,(H,25,27)(H,26,28);5H2,1-4H3. The van der Waals surface area contributed by atoms with E-state index >= 15 is 0 Å². The zero-order valence-corrected chi connectivity index (χ0v) is 26.1. The molecule has 2 aromatic heterocycles. The summed E-state index contributed by atoms with van der Waals surface area (Å²) in [6.07, 6.45) is 6.43. The van der Waals surface area contributed by atoms with E-state index in [-0.39, 0.29) is 29.6 Å². The average molecular weight is 547 g/mol. The number of pyridine rings is 1. The maximum absolute atomic E-state index is 12.9. The van der Waals surface area contributed by atoms with E-state index in [1.165, 1.54) is 30.6 Å². The third kappa shape index (κ3) is 10.4. The molecule has 6 nitrogen and oxygen atoms in total. The Hall–Kier alpha value is -2.41. The molecule has 2 rings (SSSR count). The van der Waals surface area contributed by atoms with Gasteiger partial charge in [0.2, 0.25) is 0 Å². The van der Waals surface area contributed by atoms with Crippen LogP contribution in [-0.2, 0) is 16.1 Å². The normalized spacial score (nSPS) is 12.1. The molecule has 2 heterocycles. The summed E-state index contributed by atoms with van der Waals surface area (Å²) >= 11 is 1.72. The van der Waals surface area contributed by atoms with Crippen LogP contribution in [0.25, 0.3) is 0 Å². The Morgan fingerprint density at radius 1 is 1.05 bits per heavy atom. The predicted octanol–water partition coefficient (Wildman–Crippen LogP) is 7.74. The van der Waals surface area contributed by atoms with Crippen LogP contribution in [0.2, 0.25) is 0 Å². The fraction of sp³-hybridized carbons (Fsp3) is 0.645. The zero-order valence-electron chi connectivity index (χ0n) is 25.3. The molecule has 1 amide bonds. The van der Waals surface area contributed by atoms with Crippen molar-refractivity contribution >= 4 is 23.2 Å². The van der Waals surface area contributed by atoms with Gasteiger partial charge in [0, 0.05) is 34.5 Å². The van der Waals surface area contributed by atoms with Crippen molar-refractivity contribution in [3.8, 4) is 0 Å². The predicted molar refractivity (Wildman–Crippen MR) is 159 cm³/mol. The van der Waals surface area contributed by atoms with E-state index in [0.29, 0.717) is 23.8 Å². The molecule has 0 fully saturated rings. The highest BCUT2D eigenvalue weighted by Gasteiger charge is 2.26. The summed E-state index contributed by atoms with van der Waals surface area (Å²) in [6, 6.07) is 1.93. The van der Waals surface area contributed by atoms with Crippen LogP contribution < -0.4 is 10.9 Å². The summed E-state index contributed by atoms with van der Waals surface area (Å²) in [6.45, 7) is 20.2. The number of aromatic amines is 1. The molecule has 0 radical (unpaired) electrons. The summed E-state index contributed by atoms with van der Waals surface area (Å²) in [5.41, 5.74) is 3.76.